The van der Waals surface area contributed by atoms with E-state index in [1.165, 1.54) is 12.4 Å². The molecule has 0 saturated carbocycles. The molecule has 0 aliphatic carbocycles. The van der Waals surface area contributed by atoms with E-state index in [1.807, 2.05) is 6.92 Å². The molecule has 1 N–H and O–H groups in total. The summed E-state index contributed by atoms with van der Waals surface area (Å²) in [5.41, 5.74) is 1.45. The van der Waals surface area contributed by atoms with Crippen LogP contribution in [0.25, 0.3) is 11.4 Å². The Morgan fingerprint density at radius 1 is 1.28 bits per heavy atom. The van der Waals surface area contributed by atoms with Gasteiger partial charge in [-0.05, 0) is 25.1 Å². The monoisotopic (exact) mass is 391 g/mol. The number of nitrogens with one attached hydrogen (secondary N) is 1. The van der Waals surface area contributed by atoms with Gasteiger partial charge in [-0.3, -0.25) is 19.5 Å². The van der Waals surface area contributed by atoms with Gasteiger partial charge in [0.25, 0.3) is 5.56 Å². The lowest BCUT2D eigenvalue weighted by Gasteiger charge is -2.32. The molecular weight excluding hydrogens is 370 g/mol. The van der Waals surface area contributed by atoms with Crippen LogP contribution in [0.4, 0.5) is 0 Å². The van der Waals surface area contributed by atoms with Gasteiger partial charge in [0.05, 0.1) is 25.2 Å². The van der Waals surface area contributed by atoms with Gasteiger partial charge >= 0.3 is 0 Å². The Balaban J connectivity index is 1.71. The van der Waals surface area contributed by atoms with Crippen molar-refractivity contribution in [3.8, 4) is 17.1 Å². The van der Waals surface area contributed by atoms with Gasteiger partial charge in [0, 0.05) is 36.2 Å². The first-order chi connectivity index (χ1) is 14.1. The summed E-state index contributed by atoms with van der Waals surface area (Å²) in [5.74, 6) is 0.940. The molecule has 148 valence electrons. The van der Waals surface area contributed by atoms with Crippen LogP contribution in [-0.2, 0) is 6.67 Å². The third kappa shape index (κ3) is 3.79. The van der Waals surface area contributed by atoms with E-state index in [4.69, 9.17) is 9.72 Å². The molecule has 8 nitrogen and oxygen atoms in total. The molecule has 0 radical (unpaired) electrons. The number of carbonyl (C=O) groups is 1. The first-order valence-corrected chi connectivity index (χ1v) is 9.35. The summed E-state index contributed by atoms with van der Waals surface area (Å²) in [6.45, 7) is 2.35. The fourth-order valence-corrected chi connectivity index (χ4v) is 3.52. The molecule has 2 aromatic heterocycles. The van der Waals surface area contributed by atoms with Crippen LogP contribution in [0.2, 0.25) is 0 Å². The zero-order valence-corrected chi connectivity index (χ0v) is 16.2. The normalized spacial score (nSPS) is 18.1. The summed E-state index contributed by atoms with van der Waals surface area (Å²) in [5, 5.41) is 3.29. The van der Waals surface area contributed by atoms with Crippen molar-refractivity contribution in [1.82, 2.24) is 24.8 Å². The van der Waals surface area contributed by atoms with Crippen LogP contribution in [0.1, 0.15) is 35.4 Å². The van der Waals surface area contributed by atoms with E-state index in [1.54, 1.807) is 48.2 Å². The molecule has 29 heavy (non-hydrogen) atoms. The molecule has 8 heteroatoms. The van der Waals surface area contributed by atoms with Crippen LogP contribution < -0.4 is 15.6 Å². The number of aromatic nitrogens is 4. The number of benzene rings is 1. The topological polar surface area (TPSA) is 99.0 Å². The summed E-state index contributed by atoms with van der Waals surface area (Å²) in [7, 11) is 1.57. The average molecular weight is 391 g/mol. The Labute approximate surface area is 167 Å². The lowest BCUT2D eigenvalue weighted by Crippen LogP contribution is -2.46. The van der Waals surface area contributed by atoms with Gasteiger partial charge in [-0.1, -0.05) is 12.1 Å². The Hall–Kier alpha value is -3.39. The van der Waals surface area contributed by atoms with Gasteiger partial charge < -0.3 is 4.74 Å². The van der Waals surface area contributed by atoms with E-state index in [-0.39, 0.29) is 29.7 Å². The summed E-state index contributed by atoms with van der Waals surface area (Å²) >= 11 is 0. The molecule has 1 aromatic carbocycles. The molecule has 2 unspecified atom stereocenters. The summed E-state index contributed by atoms with van der Waals surface area (Å²) in [6, 6.07) is 10.2. The Kier molecular flexibility index (Phi) is 5.18. The first kappa shape index (κ1) is 18.9. The van der Waals surface area contributed by atoms with Crippen LogP contribution in [0, 0.1) is 0 Å². The van der Waals surface area contributed by atoms with Gasteiger partial charge in [-0.15, -0.1) is 0 Å². The molecule has 1 aliphatic heterocycles. The number of ketones is 1. The summed E-state index contributed by atoms with van der Waals surface area (Å²) in [4.78, 5) is 38.5. The van der Waals surface area contributed by atoms with Crippen LogP contribution in [-0.4, -0.2) is 38.5 Å². The standard InChI is InChI=1S/C21H21N5O3/c1-13-16(9-19(27)14-4-3-5-15(8-14)29-2)21-25-18(17-6-7-22-11-23-17)10-20(28)26(21)12-24-13/h3-8,10-11,13,16,24H,9,12H2,1-2H3. The molecule has 0 amide bonds. The largest absolute Gasteiger partial charge is 0.497 e. The minimum absolute atomic E-state index is 0.0166. The third-order valence-electron chi connectivity index (χ3n) is 5.19. The lowest BCUT2D eigenvalue weighted by molar-refractivity contribution is 0.0960. The van der Waals surface area contributed by atoms with Crippen molar-refractivity contribution in [3.63, 3.8) is 0 Å². The smallest absolute Gasteiger partial charge is 0.255 e. The first-order valence-electron chi connectivity index (χ1n) is 9.35. The highest BCUT2D eigenvalue weighted by molar-refractivity contribution is 5.97. The number of methoxy groups -OCH3 is 1. The number of Topliss-reactive ketones (excluding diaryl/α,β-unsaturated/α-hetero) is 1. The van der Waals surface area contributed by atoms with Crippen LogP contribution in [0.15, 0.2) is 53.7 Å². The van der Waals surface area contributed by atoms with Crippen molar-refractivity contribution in [2.75, 3.05) is 7.11 Å². The highest BCUT2D eigenvalue weighted by atomic mass is 16.5. The van der Waals surface area contributed by atoms with E-state index in [2.05, 4.69) is 15.3 Å². The molecule has 0 spiro atoms. The zero-order chi connectivity index (χ0) is 20.4. The Morgan fingerprint density at radius 3 is 2.90 bits per heavy atom. The summed E-state index contributed by atoms with van der Waals surface area (Å²) < 4.78 is 6.80. The number of hydrogen-bond donors (Lipinski definition) is 1. The van der Waals surface area contributed by atoms with Crippen LogP contribution in [0.3, 0.4) is 0 Å². The number of hydrogen-bond acceptors (Lipinski definition) is 7. The second kappa shape index (κ2) is 7.92. The Bertz CT molecular complexity index is 1100. The SMILES string of the molecule is COc1cccc(C(=O)CC2c3nc(-c4ccncn4)cc(=O)n3CNC2C)c1. The minimum Gasteiger partial charge on any atom is -0.497 e. The Morgan fingerprint density at radius 2 is 2.14 bits per heavy atom. The van der Waals surface area contributed by atoms with Crippen molar-refractivity contribution in [3.05, 3.63) is 70.7 Å². The van der Waals surface area contributed by atoms with Crippen molar-refractivity contribution in [2.24, 2.45) is 0 Å². The molecule has 3 heterocycles. The second-order valence-corrected chi connectivity index (χ2v) is 6.98. The molecule has 1 aliphatic rings. The number of ether oxygens (including phenoxy) is 1. The predicted octanol–water partition coefficient (Wildman–Crippen LogP) is 2.01. The molecule has 0 saturated heterocycles. The highest BCUT2D eigenvalue weighted by Crippen LogP contribution is 2.28. The fourth-order valence-electron chi connectivity index (χ4n) is 3.52. The maximum Gasteiger partial charge on any atom is 0.255 e. The maximum absolute atomic E-state index is 13.0. The van der Waals surface area contributed by atoms with Gasteiger partial charge in [-0.25, -0.2) is 15.0 Å². The predicted molar refractivity (Wildman–Crippen MR) is 107 cm³/mol. The number of rotatable bonds is 5. The van der Waals surface area contributed by atoms with Gasteiger partial charge in [0.2, 0.25) is 0 Å². The molecule has 3 aromatic rings. The van der Waals surface area contributed by atoms with Crippen molar-refractivity contribution >= 4 is 5.78 Å². The lowest BCUT2D eigenvalue weighted by atomic mass is 9.90. The van der Waals surface area contributed by atoms with Gasteiger partial charge in [0.1, 0.15) is 17.9 Å². The number of carbonyl (C=O) groups excluding carboxylic acids is 1. The number of nitrogens with zero attached hydrogens (tertiary/aromatic N) is 4. The minimum atomic E-state index is -0.253. The average Bonchev–Trinajstić information content (AvgIpc) is 2.76. The van der Waals surface area contributed by atoms with Gasteiger partial charge in [-0.2, -0.15) is 0 Å². The van der Waals surface area contributed by atoms with Crippen molar-refractivity contribution < 1.29 is 9.53 Å². The quantitative estimate of drug-likeness (QED) is 0.664. The van der Waals surface area contributed by atoms with Crippen LogP contribution >= 0.6 is 0 Å². The highest BCUT2D eigenvalue weighted by Gasteiger charge is 2.31. The maximum atomic E-state index is 13.0. The van der Waals surface area contributed by atoms with Crippen molar-refractivity contribution in [1.29, 1.82) is 0 Å². The molecule has 0 fully saturated rings. The van der Waals surface area contributed by atoms with E-state index in [0.29, 0.717) is 35.2 Å². The number of fused-ring (bicyclic) bond motifs is 1. The molecule has 2 atom stereocenters. The van der Waals surface area contributed by atoms with E-state index < -0.39 is 0 Å². The summed E-state index contributed by atoms with van der Waals surface area (Å²) in [6.07, 6.45) is 3.25. The zero-order valence-electron chi connectivity index (χ0n) is 16.2. The second-order valence-electron chi connectivity index (χ2n) is 6.98. The van der Waals surface area contributed by atoms with Crippen LogP contribution in [0.5, 0.6) is 5.75 Å². The van der Waals surface area contributed by atoms with E-state index in [0.717, 1.165) is 0 Å². The van der Waals surface area contributed by atoms with Gasteiger partial charge in [0.15, 0.2) is 5.78 Å². The van der Waals surface area contributed by atoms with Crippen molar-refractivity contribution in [2.45, 2.75) is 32.0 Å². The molecule has 0 bridgehead atoms. The van der Waals surface area contributed by atoms with E-state index >= 15 is 0 Å². The van der Waals surface area contributed by atoms with E-state index in [9.17, 15) is 9.59 Å². The fraction of sp³-hybridized carbons (Fsp3) is 0.286. The molecule has 4 rings (SSSR count). The molecular formula is C21H21N5O3. The third-order valence-corrected chi connectivity index (χ3v) is 5.19.